The van der Waals surface area contributed by atoms with Gasteiger partial charge >= 0.3 is 0 Å². The summed E-state index contributed by atoms with van der Waals surface area (Å²) < 4.78 is 13.5. The quantitative estimate of drug-likeness (QED) is 0.887. The number of amides is 1. The number of carbonyl (C=O) groups is 1. The Labute approximate surface area is 118 Å². The van der Waals surface area contributed by atoms with Crippen molar-refractivity contribution < 1.29 is 14.3 Å². The third-order valence-electron chi connectivity index (χ3n) is 3.88. The van der Waals surface area contributed by atoms with Crippen LogP contribution < -0.4 is 5.32 Å². The van der Waals surface area contributed by atoms with Crippen LogP contribution in [0.15, 0.2) is 24.3 Å². The summed E-state index contributed by atoms with van der Waals surface area (Å²) in [6.07, 6.45) is 2.98. The van der Waals surface area contributed by atoms with Gasteiger partial charge in [-0.1, -0.05) is 18.6 Å². The van der Waals surface area contributed by atoms with Crippen LogP contribution in [0.25, 0.3) is 0 Å². The van der Waals surface area contributed by atoms with E-state index in [1.165, 1.54) is 12.1 Å². The van der Waals surface area contributed by atoms with Crippen molar-refractivity contribution in [1.82, 2.24) is 4.90 Å². The lowest BCUT2D eigenvalue weighted by atomic mass is 9.97. The topological polar surface area (TPSA) is 52.6 Å². The number of piperidine rings is 1. The maximum atomic E-state index is 13.5. The average molecular weight is 280 g/mol. The summed E-state index contributed by atoms with van der Waals surface area (Å²) in [5, 5.41) is 12.0. The molecule has 1 aliphatic rings. The fourth-order valence-corrected chi connectivity index (χ4v) is 2.74. The van der Waals surface area contributed by atoms with Crippen LogP contribution >= 0.6 is 0 Å². The molecule has 1 fully saturated rings. The maximum absolute atomic E-state index is 13.5. The number of para-hydroxylation sites is 1. The molecule has 1 saturated heterocycles. The molecule has 20 heavy (non-hydrogen) atoms. The van der Waals surface area contributed by atoms with Crippen molar-refractivity contribution in [3.8, 4) is 0 Å². The SMILES string of the molecule is CC1CCCC(CO)N1CC(=O)Nc1ccccc1F. The predicted molar refractivity (Wildman–Crippen MR) is 75.9 cm³/mol. The molecule has 0 aromatic heterocycles. The van der Waals surface area contributed by atoms with E-state index in [1.54, 1.807) is 12.1 Å². The van der Waals surface area contributed by atoms with Crippen LogP contribution in [-0.2, 0) is 4.79 Å². The van der Waals surface area contributed by atoms with E-state index in [9.17, 15) is 14.3 Å². The monoisotopic (exact) mass is 280 g/mol. The Morgan fingerprint density at radius 2 is 2.20 bits per heavy atom. The minimum Gasteiger partial charge on any atom is -0.395 e. The number of anilines is 1. The smallest absolute Gasteiger partial charge is 0.238 e. The Morgan fingerprint density at radius 3 is 2.90 bits per heavy atom. The van der Waals surface area contributed by atoms with Crippen LogP contribution in [0.4, 0.5) is 10.1 Å². The second kappa shape index (κ2) is 6.81. The van der Waals surface area contributed by atoms with Crippen molar-refractivity contribution in [1.29, 1.82) is 0 Å². The van der Waals surface area contributed by atoms with E-state index in [1.807, 2.05) is 4.90 Å². The number of hydrogen-bond donors (Lipinski definition) is 2. The molecule has 2 rings (SSSR count). The van der Waals surface area contributed by atoms with E-state index in [0.29, 0.717) is 0 Å². The molecular weight excluding hydrogens is 259 g/mol. The zero-order chi connectivity index (χ0) is 14.5. The van der Waals surface area contributed by atoms with Crippen LogP contribution in [0, 0.1) is 5.82 Å². The number of aliphatic hydroxyl groups excluding tert-OH is 1. The fraction of sp³-hybridized carbons (Fsp3) is 0.533. The van der Waals surface area contributed by atoms with Crippen LogP contribution in [0.3, 0.4) is 0 Å². The zero-order valence-electron chi connectivity index (χ0n) is 11.7. The van der Waals surface area contributed by atoms with E-state index >= 15 is 0 Å². The van der Waals surface area contributed by atoms with Gasteiger partial charge in [0.15, 0.2) is 0 Å². The van der Waals surface area contributed by atoms with Crippen LogP contribution in [0.2, 0.25) is 0 Å². The van der Waals surface area contributed by atoms with E-state index < -0.39 is 5.82 Å². The molecular formula is C15H21FN2O2. The largest absolute Gasteiger partial charge is 0.395 e. The number of halogens is 1. The van der Waals surface area contributed by atoms with Gasteiger partial charge in [-0.15, -0.1) is 0 Å². The molecule has 0 saturated carbocycles. The van der Waals surface area contributed by atoms with Crippen LogP contribution in [0.5, 0.6) is 0 Å². The number of hydrogen-bond acceptors (Lipinski definition) is 3. The Morgan fingerprint density at radius 1 is 1.45 bits per heavy atom. The highest BCUT2D eigenvalue weighted by molar-refractivity contribution is 5.92. The van der Waals surface area contributed by atoms with Crippen LogP contribution in [0.1, 0.15) is 26.2 Å². The van der Waals surface area contributed by atoms with Crippen molar-refractivity contribution in [2.45, 2.75) is 38.3 Å². The van der Waals surface area contributed by atoms with Gasteiger partial charge in [0, 0.05) is 12.1 Å². The number of carbonyl (C=O) groups excluding carboxylic acids is 1. The lowest BCUT2D eigenvalue weighted by Gasteiger charge is -2.39. The normalized spacial score (nSPS) is 23.6. The maximum Gasteiger partial charge on any atom is 0.238 e. The van der Waals surface area contributed by atoms with Crippen molar-refractivity contribution in [2.75, 3.05) is 18.5 Å². The molecule has 1 aromatic rings. The molecule has 0 radical (unpaired) electrons. The van der Waals surface area contributed by atoms with Gasteiger partial charge in [-0.05, 0) is 31.9 Å². The fourth-order valence-electron chi connectivity index (χ4n) is 2.74. The number of nitrogens with zero attached hydrogens (tertiary/aromatic N) is 1. The van der Waals surface area contributed by atoms with Gasteiger partial charge < -0.3 is 10.4 Å². The number of benzene rings is 1. The van der Waals surface area contributed by atoms with Crippen LogP contribution in [-0.4, -0.2) is 41.1 Å². The minimum absolute atomic E-state index is 0.0186. The molecule has 2 N–H and O–H groups in total. The Hall–Kier alpha value is -1.46. The number of likely N-dealkylation sites (tertiary alicyclic amines) is 1. The Bertz CT molecular complexity index is 467. The predicted octanol–water partition coefficient (Wildman–Crippen LogP) is 2.00. The van der Waals surface area contributed by atoms with E-state index in [2.05, 4.69) is 12.2 Å². The summed E-state index contributed by atoms with van der Waals surface area (Å²) in [6, 6.07) is 6.39. The van der Waals surface area contributed by atoms with Crippen molar-refractivity contribution in [3.05, 3.63) is 30.1 Å². The van der Waals surface area contributed by atoms with Gasteiger partial charge in [0.25, 0.3) is 0 Å². The second-order valence-corrected chi connectivity index (χ2v) is 5.32. The number of nitrogens with one attached hydrogen (secondary N) is 1. The van der Waals surface area contributed by atoms with E-state index in [-0.39, 0.29) is 36.8 Å². The Kier molecular flexibility index (Phi) is 5.09. The van der Waals surface area contributed by atoms with Gasteiger partial charge in [0.2, 0.25) is 5.91 Å². The number of aliphatic hydroxyl groups is 1. The summed E-state index contributed by atoms with van der Waals surface area (Å²) >= 11 is 0. The highest BCUT2D eigenvalue weighted by Crippen LogP contribution is 2.22. The molecule has 2 atom stereocenters. The summed E-state index contributed by atoms with van der Waals surface area (Å²) in [5.74, 6) is -0.687. The minimum atomic E-state index is -0.439. The van der Waals surface area contributed by atoms with E-state index in [4.69, 9.17) is 0 Å². The van der Waals surface area contributed by atoms with Gasteiger partial charge in [0.05, 0.1) is 18.8 Å². The number of rotatable bonds is 4. The Balaban J connectivity index is 1.98. The van der Waals surface area contributed by atoms with Crippen molar-refractivity contribution in [2.24, 2.45) is 0 Å². The lowest BCUT2D eigenvalue weighted by Crippen LogP contribution is -2.50. The summed E-state index contributed by atoms with van der Waals surface area (Å²) in [5.41, 5.74) is 0.197. The zero-order valence-corrected chi connectivity index (χ0v) is 11.7. The van der Waals surface area contributed by atoms with Gasteiger partial charge in [0.1, 0.15) is 5.82 Å². The average Bonchev–Trinajstić information content (AvgIpc) is 2.43. The molecule has 1 aromatic carbocycles. The second-order valence-electron chi connectivity index (χ2n) is 5.32. The first-order chi connectivity index (χ1) is 9.61. The van der Waals surface area contributed by atoms with Crippen molar-refractivity contribution in [3.63, 3.8) is 0 Å². The van der Waals surface area contributed by atoms with E-state index in [0.717, 1.165) is 19.3 Å². The molecule has 2 unspecified atom stereocenters. The molecule has 1 aliphatic heterocycles. The molecule has 0 aliphatic carbocycles. The molecule has 0 spiro atoms. The molecule has 110 valence electrons. The van der Waals surface area contributed by atoms with Gasteiger partial charge in [-0.25, -0.2) is 4.39 Å². The lowest BCUT2D eigenvalue weighted by molar-refractivity contribution is -0.119. The summed E-state index contributed by atoms with van der Waals surface area (Å²) in [6.45, 7) is 2.29. The molecule has 4 nitrogen and oxygen atoms in total. The van der Waals surface area contributed by atoms with Gasteiger partial charge in [-0.2, -0.15) is 0 Å². The third-order valence-corrected chi connectivity index (χ3v) is 3.88. The summed E-state index contributed by atoms with van der Waals surface area (Å²) in [4.78, 5) is 14.0. The standard InChI is InChI=1S/C15H21FN2O2/c1-11-5-4-6-12(10-19)18(11)9-15(20)17-14-8-3-2-7-13(14)16/h2-3,7-8,11-12,19H,4-6,9-10H2,1H3,(H,17,20). The highest BCUT2D eigenvalue weighted by Gasteiger charge is 2.28. The van der Waals surface area contributed by atoms with Gasteiger partial charge in [-0.3, -0.25) is 9.69 Å². The first kappa shape index (κ1) is 14.9. The van der Waals surface area contributed by atoms with Crippen molar-refractivity contribution >= 4 is 11.6 Å². The highest BCUT2D eigenvalue weighted by atomic mass is 19.1. The molecule has 0 bridgehead atoms. The first-order valence-electron chi connectivity index (χ1n) is 7.02. The molecule has 1 amide bonds. The molecule has 5 heteroatoms. The first-order valence-corrected chi connectivity index (χ1v) is 7.02. The third kappa shape index (κ3) is 3.55. The molecule has 1 heterocycles. The summed E-state index contributed by atoms with van der Waals surface area (Å²) in [7, 11) is 0.